The maximum Gasteiger partial charge on any atom is 0.0544 e. The van der Waals surface area contributed by atoms with Gasteiger partial charge in [-0.25, -0.2) is 0 Å². The molecule has 0 aliphatic heterocycles. The Morgan fingerprint density at radius 2 is 0.797 bits per heavy atom. The third-order valence-electron chi connectivity index (χ3n) is 12.4. The van der Waals surface area contributed by atoms with Crippen molar-refractivity contribution in [3.63, 3.8) is 0 Å². The van der Waals surface area contributed by atoms with Gasteiger partial charge in [-0.1, -0.05) is 159 Å². The van der Waals surface area contributed by atoms with Crippen LogP contribution in [0.5, 0.6) is 0 Å². The molecule has 0 radical (unpaired) electrons. The minimum absolute atomic E-state index is 0.0678. The van der Waals surface area contributed by atoms with Crippen molar-refractivity contribution < 1.29 is 0 Å². The van der Waals surface area contributed by atoms with E-state index in [1.165, 1.54) is 83.1 Å². The van der Waals surface area contributed by atoms with Gasteiger partial charge in [-0.15, -0.1) is 0 Å². The lowest BCUT2D eigenvalue weighted by molar-refractivity contribution is 0.661. The average Bonchev–Trinajstić information content (AvgIpc) is 3.74. The first-order valence-corrected chi connectivity index (χ1v) is 20.5. The van der Waals surface area contributed by atoms with E-state index in [4.69, 9.17) is 0 Å². The molecule has 1 aliphatic carbocycles. The second-order valence-corrected chi connectivity index (χ2v) is 16.2. The van der Waals surface area contributed by atoms with Crippen LogP contribution < -0.4 is 4.90 Å². The second-order valence-electron chi connectivity index (χ2n) is 16.2. The standard InChI is InChI=1S/C57H42N2/c1-57(2)53-21-13-12-20-49(53)50-37-52-51-36-44(30-35-55(51)59(56(52)38-54(50)57)46-18-10-5-11-19-46)43-24-22-40(23-25-43)42-28-33-48(34-29-42)58(45-16-8-4-9-17-45)47-31-26-41(27-32-47)39-14-6-3-7-15-39/h3-38H,1-2H3. The summed E-state index contributed by atoms with van der Waals surface area (Å²) in [5.74, 6) is 0. The molecule has 280 valence electrons. The van der Waals surface area contributed by atoms with Gasteiger partial charge in [0.1, 0.15) is 0 Å². The van der Waals surface area contributed by atoms with Gasteiger partial charge in [0, 0.05) is 38.9 Å². The van der Waals surface area contributed by atoms with Crippen molar-refractivity contribution in [2.45, 2.75) is 19.3 Å². The van der Waals surface area contributed by atoms with E-state index in [1.54, 1.807) is 0 Å². The molecule has 1 heterocycles. The van der Waals surface area contributed by atoms with Crippen molar-refractivity contribution in [3.05, 3.63) is 230 Å². The quantitative estimate of drug-likeness (QED) is 0.157. The average molecular weight is 755 g/mol. The molecule has 10 aromatic rings. The van der Waals surface area contributed by atoms with Gasteiger partial charge in [-0.05, 0) is 128 Å². The van der Waals surface area contributed by atoms with Gasteiger partial charge in [-0.3, -0.25) is 0 Å². The zero-order chi connectivity index (χ0) is 39.5. The molecule has 0 N–H and O–H groups in total. The van der Waals surface area contributed by atoms with Crippen LogP contribution in [0.2, 0.25) is 0 Å². The predicted octanol–water partition coefficient (Wildman–Crippen LogP) is 15.6. The summed E-state index contributed by atoms with van der Waals surface area (Å²) in [5.41, 5.74) is 19.6. The van der Waals surface area contributed by atoms with Crippen LogP contribution in [0.1, 0.15) is 25.0 Å². The molecule has 0 fully saturated rings. The maximum absolute atomic E-state index is 2.46. The monoisotopic (exact) mass is 754 g/mol. The first kappa shape index (κ1) is 34.8. The van der Waals surface area contributed by atoms with E-state index in [2.05, 4.69) is 242 Å². The van der Waals surface area contributed by atoms with Crippen LogP contribution in [0.3, 0.4) is 0 Å². The molecule has 2 heteroatoms. The summed E-state index contributed by atoms with van der Waals surface area (Å²) in [6.07, 6.45) is 0. The Morgan fingerprint density at radius 3 is 1.42 bits per heavy atom. The molecule has 0 bridgehead atoms. The minimum Gasteiger partial charge on any atom is -0.311 e. The van der Waals surface area contributed by atoms with Crippen LogP contribution in [0.4, 0.5) is 17.1 Å². The Balaban J connectivity index is 0.938. The van der Waals surface area contributed by atoms with E-state index in [-0.39, 0.29) is 5.41 Å². The van der Waals surface area contributed by atoms with Gasteiger partial charge < -0.3 is 9.47 Å². The first-order valence-electron chi connectivity index (χ1n) is 20.5. The largest absolute Gasteiger partial charge is 0.311 e. The molecule has 59 heavy (non-hydrogen) atoms. The number of aromatic nitrogens is 1. The maximum atomic E-state index is 2.46. The van der Waals surface area contributed by atoms with Crippen molar-refractivity contribution in [3.8, 4) is 50.2 Å². The van der Waals surface area contributed by atoms with Crippen molar-refractivity contribution >= 4 is 38.9 Å². The number of hydrogen-bond donors (Lipinski definition) is 0. The Morgan fingerprint density at radius 1 is 0.339 bits per heavy atom. The lowest BCUT2D eigenvalue weighted by Gasteiger charge is -2.26. The zero-order valence-electron chi connectivity index (χ0n) is 33.2. The highest BCUT2D eigenvalue weighted by atomic mass is 15.1. The molecule has 0 saturated carbocycles. The van der Waals surface area contributed by atoms with Crippen LogP contribution >= 0.6 is 0 Å². The highest BCUT2D eigenvalue weighted by Crippen LogP contribution is 2.51. The number of hydrogen-bond acceptors (Lipinski definition) is 1. The summed E-state index contributed by atoms with van der Waals surface area (Å²) in [4.78, 5) is 2.32. The van der Waals surface area contributed by atoms with Crippen molar-refractivity contribution in [1.29, 1.82) is 0 Å². The third-order valence-corrected chi connectivity index (χ3v) is 12.4. The van der Waals surface area contributed by atoms with Crippen LogP contribution in [0.15, 0.2) is 218 Å². The zero-order valence-corrected chi connectivity index (χ0v) is 33.2. The fourth-order valence-corrected chi connectivity index (χ4v) is 9.36. The lowest BCUT2D eigenvalue weighted by atomic mass is 9.82. The summed E-state index contributed by atoms with van der Waals surface area (Å²) in [5, 5.41) is 2.55. The summed E-state index contributed by atoms with van der Waals surface area (Å²) in [6.45, 7) is 4.72. The van der Waals surface area contributed by atoms with E-state index < -0.39 is 0 Å². The number of para-hydroxylation sites is 2. The molecule has 0 unspecified atom stereocenters. The molecule has 1 aliphatic rings. The molecule has 0 spiro atoms. The van der Waals surface area contributed by atoms with E-state index >= 15 is 0 Å². The Labute approximate surface area is 345 Å². The number of fused-ring (bicyclic) bond motifs is 6. The minimum atomic E-state index is -0.0678. The van der Waals surface area contributed by atoms with Crippen molar-refractivity contribution in [2.75, 3.05) is 4.90 Å². The molecule has 9 aromatic carbocycles. The Kier molecular flexibility index (Phi) is 8.20. The number of anilines is 3. The van der Waals surface area contributed by atoms with Gasteiger partial charge in [0.2, 0.25) is 0 Å². The molecule has 2 nitrogen and oxygen atoms in total. The van der Waals surface area contributed by atoms with Crippen LogP contribution in [-0.2, 0) is 5.41 Å². The predicted molar refractivity (Wildman–Crippen MR) is 249 cm³/mol. The highest BCUT2D eigenvalue weighted by Gasteiger charge is 2.36. The Hall–Kier alpha value is -7.42. The fraction of sp³-hybridized carbons (Fsp3) is 0.0526. The summed E-state index contributed by atoms with van der Waals surface area (Å²) in [6, 6.07) is 79.6. The molecule has 0 amide bonds. The second kappa shape index (κ2) is 13.9. The van der Waals surface area contributed by atoms with Gasteiger partial charge >= 0.3 is 0 Å². The van der Waals surface area contributed by atoms with Crippen LogP contribution in [0.25, 0.3) is 72.0 Å². The van der Waals surface area contributed by atoms with Crippen molar-refractivity contribution in [2.24, 2.45) is 0 Å². The molecule has 11 rings (SSSR count). The molecule has 1 aromatic heterocycles. The summed E-state index contributed by atoms with van der Waals surface area (Å²) < 4.78 is 2.44. The van der Waals surface area contributed by atoms with Gasteiger partial charge in [0.25, 0.3) is 0 Å². The van der Waals surface area contributed by atoms with Gasteiger partial charge in [0.15, 0.2) is 0 Å². The summed E-state index contributed by atoms with van der Waals surface area (Å²) in [7, 11) is 0. The first-order chi connectivity index (χ1) is 29.0. The third kappa shape index (κ3) is 5.87. The number of rotatable bonds is 7. The van der Waals surface area contributed by atoms with E-state index in [0.717, 1.165) is 17.1 Å². The topological polar surface area (TPSA) is 8.17 Å². The van der Waals surface area contributed by atoms with E-state index in [9.17, 15) is 0 Å². The van der Waals surface area contributed by atoms with Crippen LogP contribution in [-0.4, -0.2) is 4.57 Å². The number of benzene rings is 9. The summed E-state index contributed by atoms with van der Waals surface area (Å²) >= 11 is 0. The van der Waals surface area contributed by atoms with E-state index in [0.29, 0.717) is 0 Å². The Bertz CT molecular complexity index is 3120. The van der Waals surface area contributed by atoms with Gasteiger partial charge in [0.05, 0.1) is 11.0 Å². The van der Waals surface area contributed by atoms with E-state index in [1.807, 2.05) is 0 Å². The molecular formula is C57H42N2. The molecule has 0 saturated heterocycles. The van der Waals surface area contributed by atoms with Crippen molar-refractivity contribution in [1.82, 2.24) is 4.57 Å². The number of nitrogens with zero attached hydrogens (tertiary/aromatic N) is 2. The molecular weight excluding hydrogens is 713 g/mol. The smallest absolute Gasteiger partial charge is 0.0544 e. The van der Waals surface area contributed by atoms with Gasteiger partial charge in [-0.2, -0.15) is 0 Å². The fourth-order valence-electron chi connectivity index (χ4n) is 9.36. The van der Waals surface area contributed by atoms with Crippen LogP contribution in [0, 0.1) is 0 Å². The lowest BCUT2D eigenvalue weighted by Crippen LogP contribution is -2.14. The highest BCUT2D eigenvalue weighted by molar-refractivity contribution is 6.12. The normalized spacial score (nSPS) is 12.7. The molecule has 0 atom stereocenters. The SMILES string of the molecule is CC1(C)c2ccccc2-c2cc3c4cc(-c5ccc(-c6ccc(N(c7ccccc7)c7ccc(-c8ccccc8)cc7)cc6)cc5)ccc4n(-c4ccccc4)c3cc21.